The minimum Gasteiger partial charge on any atom is -0.359 e. The maximum absolute atomic E-state index is 12.6. The van der Waals surface area contributed by atoms with Gasteiger partial charge in [0.1, 0.15) is 11.4 Å². The number of amides is 2. The van der Waals surface area contributed by atoms with Crippen molar-refractivity contribution in [2.75, 3.05) is 11.9 Å². The molecule has 1 aliphatic rings. The fourth-order valence-electron chi connectivity index (χ4n) is 3.40. The number of aryl methyl sites for hydroxylation is 2. The maximum Gasteiger partial charge on any atom is 0.314 e. The molecule has 6 heteroatoms. The van der Waals surface area contributed by atoms with Crippen LogP contribution in [0, 0.1) is 12.8 Å². The van der Waals surface area contributed by atoms with Crippen molar-refractivity contribution in [1.29, 1.82) is 0 Å². The molecular formula is C17H27N3O3. The fourth-order valence-corrected chi connectivity index (χ4v) is 3.40. The summed E-state index contributed by atoms with van der Waals surface area (Å²) in [5.74, 6) is -0.0246. The average Bonchev–Trinajstić information content (AvgIpc) is 3.14. The van der Waals surface area contributed by atoms with Gasteiger partial charge in [-0.05, 0) is 32.1 Å². The molecule has 0 unspecified atom stereocenters. The molecule has 0 radical (unpaired) electrons. The highest BCUT2D eigenvalue weighted by Crippen LogP contribution is 2.27. The van der Waals surface area contributed by atoms with E-state index in [1.165, 1.54) is 0 Å². The summed E-state index contributed by atoms with van der Waals surface area (Å²) in [6, 6.07) is 0.169. The first-order valence-corrected chi connectivity index (χ1v) is 8.56. The Hall–Kier alpha value is -1.85. The second kappa shape index (κ2) is 7.62. The molecule has 1 N–H and O–H groups in total. The second-order valence-electron chi connectivity index (χ2n) is 6.35. The molecule has 1 saturated heterocycles. The third-order valence-electron chi connectivity index (χ3n) is 4.65. The molecule has 2 rings (SSSR count). The standard InChI is InChI=1S/C17H27N3O3/c1-5-8-11(3)13-9-7-10-20(13)17(22)16(21)18-15-12(4)19-23-14(15)6-2/h11,13H,5-10H2,1-4H3,(H,18,21)/t11-,13+/m0/s1. The molecule has 1 aromatic rings. The Kier molecular flexibility index (Phi) is 5.80. The van der Waals surface area contributed by atoms with Crippen molar-refractivity contribution < 1.29 is 14.1 Å². The topological polar surface area (TPSA) is 75.4 Å². The minimum absolute atomic E-state index is 0.169. The third kappa shape index (κ3) is 3.74. The van der Waals surface area contributed by atoms with Crippen molar-refractivity contribution in [2.45, 2.75) is 65.8 Å². The predicted molar refractivity (Wildman–Crippen MR) is 88.1 cm³/mol. The second-order valence-corrected chi connectivity index (χ2v) is 6.35. The summed E-state index contributed by atoms with van der Waals surface area (Å²) < 4.78 is 5.15. The highest BCUT2D eigenvalue weighted by Gasteiger charge is 2.35. The van der Waals surface area contributed by atoms with Gasteiger partial charge >= 0.3 is 11.8 Å². The van der Waals surface area contributed by atoms with Crippen molar-refractivity contribution in [3.8, 4) is 0 Å². The zero-order valence-electron chi connectivity index (χ0n) is 14.5. The number of carbonyl (C=O) groups is 2. The molecule has 1 aromatic heterocycles. The Morgan fingerprint density at radius 1 is 1.43 bits per heavy atom. The van der Waals surface area contributed by atoms with Gasteiger partial charge in [0, 0.05) is 19.0 Å². The van der Waals surface area contributed by atoms with E-state index in [0.29, 0.717) is 36.0 Å². The molecule has 0 saturated carbocycles. The molecule has 0 aromatic carbocycles. The zero-order valence-corrected chi connectivity index (χ0v) is 14.5. The predicted octanol–water partition coefficient (Wildman–Crippen LogP) is 2.91. The summed E-state index contributed by atoms with van der Waals surface area (Å²) in [5, 5.41) is 6.54. The monoisotopic (exact) mass is 321 g/mol. The lowest BCUT2D eigenvalue weighted by Gasteiger charge is -2.29. The van der Waals surface area contributed by atoms with Crippen molar-refractivity contribution in [1.82, 2.24) is 10.1 Å². The van der Waals surface area contributed by atoms with Crippen LogP contribution < -0.4 is 5.32 Å². The zero-order chi connectivity index (χ0) is 17.0. The van der Waals surface area contributed by atoms with Crippen LogP contribution in [0.25, 0.3) is 0 Å². The largest absolute Gasteiger partial charge is 0.359 e. The van der Waals surface area contributed by atoms with Crippen LogP contribution in [0.5, 0.6) is 0 Å². The van der Waals surface area contributed by atoms with Gasteiger partial charge in [-0.3, -0.25) is 9.59 Å². The lowest BCUT2D eigenvalue weighted by atomic mass is 9.95. The van der Waals surface area contributed by atoms with Gasteiger partial charge in [-0.15, -0.1) is 0 Å². The summed E-state index contributed by atoms with van der Waals surface area (Å²) >= 11 is 0. The molecule has 0 bridgehead atoms. The molecule has 0 aliphatic carbocycles. The van der Waals surface area contributed by atoms with Crippen LogP contribution in [0.15, 0.2) is 4.52 Å². The van der Waals surface area contributed by atoms with Crippen molar-refractivity contribution in [3.63, 3.8) is 0 Å². The Morgan fingerprint density at radius 3 is 2.83 bits per heavy atom. The van der Waals surface area contributed by atoms with E-state index in [2.05, 4.69) is 24.3 Å². The van der Waals surface area contributed by atoms with E-state index in [9.17, 15) is 9.59 Å². The van der Waals surface area contributed by atoms with Gasteiger partial charge in [-0.25, -0.2) is 0 Å². The summed E-state index contributed by atoms with van der Waals surface area (Å²) in [6.45, 7) is 8.64. The lowest BCUT2D eigenvalue weighted by Crippen LogP contribution is -2.45. The number of carbonyl (C=O) groups excluding carboxylic acids is 2. The molecule has 2 atom stereocenters. The van der Waals surface area contributed by atoms with Crippen LogP contribution in [0.1, 0.15) is 57.9 Å². The molecular weight excluding hydrogens is 294 g/mol. The van der Waals surface area contributed by atoms with E-state index in [1.807, 2.05) is 6.92 Å². The first-order chi connectivity index (χ1) is 11.0. The van der Waals surface area contributed by atoms with E-state index in [4.69, 9.17) is 4.52 Å². The molecule has 6 nitrogen and oxygen atoms in total. The van der Waals surface area contributed by atoms with Crippen LogP contribution in [0.3, 0.4) is 0 Å². The van der Waals surface area contributed by atoms with E-state index >= 15 is 0 Å². The summed E-state index contributed by atoms with van der Waals surface area (Å²) in [6.07, 6.45) is 4.72. The fraction of sp³-hybridized carbons (Fsp3) is 0.706. The smallest absolute Gasteiger partial charge is 0.314 e. The molecule has 128 valence electrons. The molecule has 2 amide bonds. The van der Waals surface area contributed by atoms with Crippen molar-refractivity contribution >= 4 is 17.5 Å². The summed E-state index contributed by atoms with van der Waals surface area (Å²) in [7, 11) is 0. The van der Waals surface area contributed by atoms with Gasteiger partial charge < -0.3 is 14.7 Å². The van der Waals surface area contributed by atoms with Gasteiger partial charge in [0.15, 0.2) is 5.76 Å². The van der Waals surface area contributed by atoms with Gasteiger partial charge in [-0.2, -0.15) is 0 Å². The van der Waals surface area contributed by atoms with Gasteiger partial charge in [-0.1, -0.05) is 32.3 Å². The summed E-state index contributed by atoms with van der Waals surface area (Å²) in [5.41, 5.74) is 1.13. The van der Waals surface area contributed by atoms with Crippen molar-refractivity contribution in [2.24, 2.45) is 5.92 Å². The number of hydrogen-bond acceptors (Lipinski definition) is 4. The first-order valence-electron chi connectivity index (χ1n) is 8.56. The number of nitrogens with one attached hydrogen (secondary N) is 1. The van der Waals surface area contributed by atoms with Crippen LogP contribution in [-0.4, -0.2) is 34.5 Å². The SMILES string of the molecule is CCC[C@H](C)[C@H]1CCCN1C(=O)C(=O)Nc1c(C)noc1CC. The van der Waals surface area contributed by atoms with E-state index in [-0.39, 0.29) is 6.04 Å². The summed E-state index contributed by atoms with van der Waals surface area (Å²) in [4.78, 5) is 26.7. The Morgan fingerprint density at radius 2 is 2.17 bits per heavy atom. The van der Waals surface area contributed by atoms with Gasteiger partial charge in [0.25, 0.3) is 0 Å². The number of rotatable bonds is 5. The number of aromatic nitrogens is 1. The molecule has 1 fully saturated rings. The Balaban J connectivity index is 2.07. The highest BCUT2D eigenvalue weighted by molar-refractivity contribution is 6.39. The van der Waals surface area contributed by atoms with Crippen LogP contribution >= 0.6 is 0 Å². The van der Waals surface area contributed by atoms with Crippen molar-refractivity contribution in [3.05, 3.63) is 11.5 Å². The van der Waals surface area contributed by atoms with E-state index in [1.54, 1.807) is 11.8 Å². The molecule has 2 heterocycles. The van der Waals surface area contributed by atoms with Crippen LogP contribution in [-0.2, 0) is 16.0 Å². The van der Waals surface area contributed by atoms with Crippen LogP contribution in [0.4, 0.5) is 5.69 Å². The van der Waals surface area contributed by atoms with Gasteiger partial charge in [0.05, 0.1) is 0 Å². The Bertz CT molecular complexity index is 567. The lowest BCUT2D eigenvalue weighted by molar-refractivity contribution is -0.144. The number of anilines is 1. The number of likely N-dealkylation sites (tertiary alicyclic amines) is 1. The first kappa shape index (κ1) is 17.5. The molecule has 1 aliphatic heterocycles. The van der Waals surface area contributed by atoms with E-state index < -0.39 is 11.8 Å². The highest BCUT2D eigenvalue weighted by atomic mass is 16.5. The molecule has 0 spiro atoms. The normalized spacial score (nSPS) is 19.0. The third-order valence-corrected chi connectivity index (χ3v) is 4.65. The minimum atomic E-state index is -0.596. The number of nitrogens with zero attached hydrogens (tertiary/aromatic N) is 2. The van der Waals surface area contributed by atoms with Crippen LogP contribution in [0.2, 0.25) is 0 Å². The molecule has 23 heavy (non-hydrogen) atoms. The van der Waals surface area contributed by atoms with E-state index in [0.717, 1.165) is 25.7 Å². The van der Waals surface area contributed by atoms with Gasteiger partial charge in [0.2, 0.25) is 0 Å². The number of hydrogen-bond donors (Lipinski definition) is 1. The maximum atomic E-state index is 12.6. The Labute approximate surface area is 137 Å². The average molecular weight is 321 g/mol. The quantitative estimate of drug-likeness (QED) is 0.846.